The Balaban J connectivity index is 1.35. The lowest BCUT2D eigenvalue weighted by Crippen LogP contribution is -2.17. The molecule has 0 aliphatic heterocycles. The van der Waals surface area contributed by atoms with Gasteiger partial charge in [-0.25, -0.2) is 4.79 Å². The van der Waals surface area contributed by atoms with E-state index in [1.807, 2.05) is 29.7 Å². The molecule has 8 nitrogen and oxygen atoms in total. The highest BCUT2D eigenvalue weighted by Gasteiger charge is 2.27. The van der Waals surface area contributed by atoms with Gasteiger partial charge in [0.2, 0.25) is 5.91 Å². The monoisotopic (exact) mass is 588 g/mol. The SMILES string of the molecule is C=CCn1c(CCCOc2ccc(Cl)cc2C)nnc1SCC(=O)Nc1sc2c(c1C(=O)OCC)CCCC2. The highest BCUT2D eigenvalue weighted by Crippen LogP contribution is 2.38. The van der Waals surface area contributed by atoms with Crippen LogP contribution in [0, 0.1) is 6.92 Å². The number of carbonyl (C=O) groups is 2. The normalized spacial score (nSPS) is 12.6. The zero-order valence-electron chi connectivity index (χ0n) is 22.3. The van der Waals surface area contributed by atoms with Crippen molar-refractivity contribution in [3.05, 3.63) is 63.3 Å². The van der Waals surface area contributed by atoms with E-state index in [0.717, 1.165) is 59.7 Å². The lowest BCUT2D eigenvalue weighted by molar-refractivity contribution is -0.113. The van der Waals surface area contributed by atoms with Gasteiger partial charge in [-0.3, -0.25) is 4.79 Å². The van der Waals surface area contributed by atoms with Gasteiger partial charge in [-0.15, -0.1) is 28.1 Å². The van der Waals surface area contributed by atoms with Crippen molar-refractivity contribution < 1.29 is 19.1 Å². The third-order valence-electron chi connectivity index (χ3n) is 6.28. The van der Waals surface area contributed by atoms with Crippen LogP contribution in [0.25, 0.3) is 0 Å². The van der Waals surface area contributed by atoms with Crippen molar-refractivity contribution in [1.82, 2.24) is 14.8 Å². The zero-order valence-corrected chi connectivity index (χ0v) is 24.6. The molecule has 4 rings (SSSR count). The Bertz CT molecular complexity index is 1340. The van der Waals surface area contributed by atoms with Crippen molar-refractivity contribution in [2.75, 3.05) is 24.3 Å². The number of benzene rings is 1. The summed E-state index contributed by atoms with van der Waals surface area (Å²) in [5.74, 6) is 1.19. The maximum absolute atomic E-state index is 12.9. The first-order chi connectivity index (χ1) is 18.9. The van der Waals surface area contributed by atoms with Crippen LogP contribution < -0.4 is 10.1 Å². The summed E-state index contributed by atoms with van der Waals surface area (Å²) in [6, 6.07) is 5.56. The van der Waals surface area contributed by atoms with Crippen molar-refractivity contribution in [2.24, 2.45) is 0 Å². The van der Waals surface area contributed by atoms with Crippen LogP contribution in [-0.4, -0.2) is 45.6 Å². The number of thiophene rings is 1. The maximum atomic E-state index is 12.9. The molecule has 0 radical (unpaired) electrons. The molecule has 2 heterocycles. The Kier molecular flexibility index (Phi) is 10.5. The van der Waals surface area contributed by atoms with Crippen molar-refractivity contribution in [1.29, 1.82) is 0 Å². The Morgan fingerprint density at radius 3 is 2.87 bits per heavy atom. The van der Waals surface area contributed by atoms with Gasteiger partial charge in [0.05, 0.1) is 24.5 Å². The Labute approximate surface area is 242 Å². The third kappa shape index (κ3) is 7.43. The summed E-state index contributed by atoms with van der Waals surface area (Å²) < 4.78 is 13.2. The minimum Gasteiger partial charge on any atom is -0.493 e. The smallest absolute Gasteiger partial charge is 0.341 e. The van der Waals surface area contributed by atoms with Crippen LogP contribution in [0.1, 0.15) is 58.4 Å². The number of anilines is 1. The Morgan fingerprint density at radius 1 is 1.28 bits per heavy atom. The predicted molar refractivity (Wildman–Crippen MR) is 156 cm³/mol. The molecule has 0 bridgehead atoms. The summed E-state index contributed by atoms with van der Waals surface area (Å²) in [5.41, 5.74) is 2.53. The van der Waals surface area contributed by atoms with Gasteiger partial charge in [0.15, 0.2) is 5.16 Å². The lowest BCUT2D eigenvalue weighted by atomic mass is 9.95. The van der Waals surface area contributed by atoms with Crippen molar-refractivity contribution in [3.8, 4) is 5.75 Å². The third-order valence-corrected chi connectivity index (χ3v) is 8.69. The van der Waals surface area contributed by atoms with E-state index < -0.39 is 0 Å². The Morgan fingerprint density at radius 2 is 2.10 bits per heavy atom. The second kappa shape index (κ2) is 14.0. The number of ether oxygens (including phenoxy) is 2. The van der Waals surface area contributed by atoms with E-state index in [2.05, 4.69) is 22.1 Å². The van der Waals surface area contributed by atoms with E-state index in [1.54, 1.807) is 13.0 Å². The van der Waals surface area contributed by atoms with Crippen LogP contribution in [0.4, 0.5) is 5.00 Å². The number of nitrogens with one attached hydrogen (secondary N) is 1. The minimum atomic E-state index is -0.370. The second-order valence-electron chi connectivity index (χ2n) is 9.13. The molecule has 0 saturated carbocycles. The fourth-order valence-corrected chi connectivity index (χ4v) is 6.76. The van der Waals surface area contributed by atoms with Gasteiger partial charge in [0, 0.05) is 22.9 Å². The zero-order chi connectivity index (χ0) is 27.8. The lowest BCUT2D eigenvalue weighted by Gasteiger charge is -2.12. The fourth-order valence-electron chi connectivity index (χ4n) is 4.48. The molecule has 0 fully saturated rings. The quantitative estimate of drug-likeness (QED) is 0.109. The van der Waals surface area contributed by atoms with Gasteiger partial charge in [0.25, 0.3) is 0 Å². The first-order valence-corrected chi connectivity index (χ1v) is 15.3. The molecule has 1 aromatic carbocycles. The van der Waals surface area contributed by atoms with E-state index in [-0.39, 0.29) is 17.6 Å². The maximum Gasteiger partial charge on any atom is 0.341 e. The molecule has 1 N–H and O–H groups in total. The van der Waals surface area contributed by atoms with Gasteiger partial charge < -0.3 is 19.4 Å². The molecular formula is C28H33ClN4O4S2. The van der Waals surface area contributed by atoms with E-state index in [9.17, 15) is 9.59 Å². The number of hydrogen-bond donors (Lipinski definition) is 1. The summed E-state index contributed by atoms with van der Waals surface area (Å²) >= 11 is 8.81. The fraction of sp³-hybridized carbons (Fsp3) is 0.429. The van der Waals surface area contributed by atoms with Gasteiger partial charge in [0.1, 0.15) is 16.6 Å². The van der Waals surface area contributed by atoms with Crippen LogP contribution >= 0.6 is 34.7 Å². The summed E-state index contributed by atoms with van der Waals surface area (Å²) in [5, 5.41) is 13.5. The van der Waals surface area contributed by atoms with Crippen LogP contribution in [0.2, 0.25) is 5.02 Å². The molecule has 0 spiro atoms. The molecule has 0 saturated heterocycles. The van der Waals surface area contributed by atoms with Crippen LogP contribution in [0.3, 0.4) is 0 Å². The van der Waals surface area contributed by atoms with Gasteiger partial charge in [-0.1, -0.05) is 29.4 Å². The molecule has 1 amide bonds. The van der Waals surface area contributed by atoms with Crippen LogP contribution in [0.5, 0.6) is 5.75 Å². The number of hydrogen-bond acceptors (Lipinski definition) is 8. The molecule has 3 aromatic rings. The average Bonchev–Trinajstić information content (AvgIpc) is 3.47. The molecule has 1 aliphatic carbocycles. The van der Waals surface area contributed by atoms with Gasteiger partial charge in [-0.05, 0) is 75.3 Å². The number of fused-ring (bicyclic) bond motifs is 1. The van der Waals surface area contributed by atoms with Gasteiger partial charge in [-0.2, -0.15) is 0 Å². The number of amides is 1. The summed E-state index contributed by atoms with van der Waals surface area (Å²) in [6.07, 6.45) is 7.09. The van der Waals surface area contributed by atoms with E-state index in [1.165, 1.54) is 23.1 Å². The molecule has 0 unspecified atom stereocenters. The number of nitrogens with zero attached hydrogens (tertiary/aromatic N) is 3. The summed E-state index contributed by atoms with van der Waals surface area (Å²) in [6.45, 7) is 8.96. The molecule has 208 valence electrons. The number of aryl methyl sites for hydroxylation is 3. The minimum absolute atomic E-state index is 0.138. The van der Waals surface area contributed by atoms with E-state index >= 15 is 0 Å². The molecule has 39 heavy (non-hydrogen) atoms. The molecule has 0 atom stereocenters. The number of esters is 1. The molecular weight excluding hydrogens is 556 g/mol. The largest absolute Gasteiger partial charge is 0.493 e. The predicted octanol–water partition coefficient (Wildman–Crippen LogP) is 6.29. The number of rotatable bonds is 13. The van der Waals surface area contributed by atoms with Crippen molar-refractivity contribution >= 4 is 51.6 Å². The first kappa shape index (κ1) is 29.2. The molecule has 11 heteroatoms. The first-order valence-electron chi connectivity index (χ1n) is 13.1. The van der Waals surface area contributed by atoms with Crippen LogP contribution in [0.15, 0.2) is 36.0 Å². The number of allylic oxidation sites excluding steroid dienone is 1. The number of aromatic nitrogens is 3. The molecule has 1 aliphatic rings. The van der Waals surface area contributed by atoms with E-state index in [0.29, 0.717) is 46.9 Å². The van der Waals surface area contributed by atoms with Crippen molar-refractivity contribution in [2.45, 2.75) is 64.1 Å². The summed E-state index contributed by atoms with van der Waals surface area (Å²) in [7, 11) is 0. The highest BCUT2D eigenvalue weighted by atomic mass is 35.5. The van der Waals surface area contributed by atoms with E-state index in [4.69, 9.17) is 21.1 Å². The molecule has 2 aromatic heterocycles. The van der Waals surface area contributed by atoms with Gasteiger partial charge >= 0.3 is 5.97 Å². The number of carbonyl (C=O) groups excluding carboxylic acids is 2. The number of thioether (sulfide) groups is 1. The standard InChI is InChI=1S/C28H33ClN4O4S2/c1-4-14-33-23(11-8-15-37-21-13-12-19(29)16-18(21)3)31-32-28(33)38-17-24(34)30-26-25(27(35)36-5-2)20-9-6-7-10-22(20)39-26/h4,12-13,16H,1,5-11,14-15,17H2,2-3H3,(H,30,34). The second-order valence-corrected chi connectivity index (χ2v) is 11.6. The highest BCUT2D eigenvalue weighted by molar-refractivity contribution is 7.99. The summed E-state index contributed by atoms with van der Waals surface area (Å²) in [4.78, 5) is 26.8. The average molecular weight is 589 g/mol. The van der Waals surface area contributed by atoms with Crippen LogP contribution in [-0.2, 0) is 35.3 Å². The Hall–Kier alpha value is -2.82. The topological polar surface area (TPSA) is 95.3 Å². The van der Waals surface area contributed by atoms with Crippen molar-refractivity contribution in [3.63, 3.8) is 0 Å². The number of halogens is 1.